The second-order valence-corrected chi connectivity index (χ2v) is 5.77. The van der Waals surface area contributed by atoms with E-state index in [0.717, 1.165) is 11.1 Å². The third-order valence-corrected chi connectivity index (χ3v) is 3.37. The summed E-state index contributed by atoms with van der Waals surface area (Å²) in [4.78, 5) is 0. The van der Waals surface area contributed by atoms with Crippen LogP contribution in [0.1, 0.15) is 22.3 Å². The molecule has 0 spiro atoms. The van der Waals surface area contributed by atoms with Crippen LogP contribution in [0.2, 0.25) is 0 Å². The van der Waals surface area contributed by atoms with Gasteiger partial charge >= 0.3 is 0 Å². The molecule has 0 saturated heterocycles. The molecule has 0 saturated carbocycles. The van der Waals surface area contributed by atoms with E-state index in [4.69, 9.17) is 0 Å². The first kappa shape index (κ1) is 16.7. The third-order valence-electron chi connectivity index (χ3n) is 3.37. The molecule has 2 aromatic carbocycles. The number of hydrogen-bond acceptors (Lipinski definition) is 4. The van der Waals surface area contributed by atoms with Crippen molar-refractivity contribution in [2.45, 2.75) is 13.8 Å². The SMILES string of the molecule is Cc1ccc(/C=N\N(C)CN(C)/N=C\c2ccc(C)cc2)cc1. The Morgan fingerprint density at radius 2 is 1.04 bits per heavy atom. The molecule has 0 radical (unpaired) electrons. The van der Waals surface area contributed by atoms with Crippen molar-refractivity contribution in [3.8, 4) is 0 Å². The summed E-state index contributed by atoms with van der Waals surface area (Å²) in [6.45, 7) is 4.77. The van der Waals surface area contributed by atoms with Crippen molar-refractivity contribution < 1.29 is 0 Å². The maximum absolute atomic E-state index is 4.42. The first-order valence-electron chi connectivity index (χ1n) is 7.66. The molecule has 0 aliphatic heterocycles. The standard InChI is InChI=1S/C19H24N4/c1-16-5-9-18(10-6-16)13-20-22(3)15-23(4)21-14-19-11-7-17(2)8-12-19/h5-14H,15H2,1-4H3/b20-13-,21-14-. The smallest absolute Gasteiger partial charge is 0.122 e. The van der Waals surface area contributed by atoms with Crippen molar-refractivity contribution >= 4 is 12.4 Å². The molecular weight excluding hydrogens is 284 g/mol. The lowest BCUT2D eigenvalue weighted by Gasteiger charge is -2.19. The van der Waals surface area contributed by atoms with Gasteiger partial charge in [0.1, 0.15) is 6.67 Å². The Morgan fingerprint density at radius 3 is 1.39 bits per heavy atom. The summed E-state index contributed by atoms with van der Waals surface area (Å²) in [7, 11) is 3.87. The molecule has 0 atom stereocenters. The molecule has 4 heteroatoms. The van der Waals surface area contributed by atoms with Gasteiger partial charge in [0.05, 0.1) is 12.4 Å². The van der Waals surface area contributed by atoms with E-state index in [0.29, 0.717) is 6.67 Å². The summed E-state index contributed by atoms with van der Waals surface area (Å²) in [5.74, 6) is 0. The van der Waals surface area contributed by atoms with Gasteiger partial charge in [0.2, 0.25) is 0 Å². The first-order valence-corrected chi connectivity index (χ1v) is 7.66. The predicted octanol–water partition coefficient (Wildman–Crippen LogP) is 3.49. The molecule has 2 aromatic rings. The number of aryl methyl sites for hydroxylation is 2. The average molecular weight is 308 g/mol. The van der Waals surface area contributed by atoms with Crippen LogP contribution in [0.3, 0.4) is 0 Å². The van der Waals surface area contributed by atoms with Gasteiger partial charge in [-0.25, -0.2) is 0 Å². The fraction of sp³-hybridized carbons (Fsp3) is 0.263. The zero-order chi connectivity index (χ0) is 16.7. The van der Waals surface area contributed by atoms with Gasteiger partial charge in [-0.05, 0) is 25.0 Å². The van der Waals surface area contributed by atoms with E-state index >= 15 is 0 Å². The minimum atomic E-state index is 0.616. The monoisotopic (exact) mass is 308 g/mol. The number of nitrogens with zero attached hydrogens (tertiary/aromatic N) is 4. The third kappa shape index (κ3) is 5.94. The van der Waals surface area contributed by atoms with Gasteiger partial charge < -0.3 is 0 Å². The van der Waals surface area contributed by atoms with Crippen molar-refractivity contribution in [1.29, 1.82) is 0 Å². The minimum absolute atomic E-state index is 0.616. The number of benzene rings is 2. The summed E-state index contributed by atoms with van der Waals surface area (Å²) in [5.41, 5.74) is 4.68. The van der Waals surface area contributed by atoms with Gasteiger partial charge in [-0.2, -0.15) is 10.2 Å². The van der Waals surface area contributed by atoms with Gasteiger partial charge in [0.15, 0.2) is 0 Å². The first-order chi connectivity index (χ1) is 11.0. The van der Waals surface area contributed by atoms with Gasteiger partial charge in [0.25, 0.3) is 0 Å². The van der Waals surface area contributed by atoms with Crippen LogP contribution in [-0.2, 0) is 0 Å². The fourth-order valence-electron chi connectivity index (χ4n) is 2.00. The lowest BCUT2D eigenvalue weighted by molar-refractivity contribution is 0.196. The average Bonchev–Trinajstić information content (AvgIpc) is 2.54. The van der Waals surface area contributed by atoms with Crippen molar-refractivity contribution in [3.05, 3.63) is 70.8 Å². The summed E-state index contributed by atoms with van der Waals surface area (Å²) >= 11 is 0. The predicted molar refractivity (Wildman–Crippen MR) is 97.9 cm³/mol. The Bertz CT molecular complexity index is 597. The summed E-state index contributed by atoms with van der Waals surface area (Å²) in [5, 5.41) is 12.6. The van der Waals surface area contributed by atoms with Crippen LogP contribution in [0.5, 0.6) is 0 Å². The van der Waals surface area contributed by atoms with Crippen molar-refractivity contribution in [2.75, 3.05) is 20.8 Å². The zero-order valence-corrected chi connectivity index (χ0v) is 14.3. The molecule has 4 nitrogen and oxygen atoms in total. The van der Waals surface area contributed by atoms with Gasteiger partial charge in [-0.15, -0.1) is 0 Å². The second-order valence-electron chi connectivity index (χ2n) is 5.77. The highest BCUT2D eigenvalue weighted by Crippen LogP contribution is 2.02. The Kier molecular flexibility index (Phi) is 5.92. The molecule has 0 aliphatic carbocycles. The van der Waals surface area contributed by atoms with Crippen LogP contribution in [0.25, 0.3) is 0 Å². The van der Waals surface area contributed by atoms with E-state index in [1.54, 1.807) is 0 Å². The van der Waals surface area contributed by atoms with E-state index < -0.39 is 0 Å². The molecule has 0 aromatic heterocycles. The highest BCUT2D eigenvalue weighted by Gasteiger charge is 1.97. The maximum Gasteiger partial charge on any atom is 0.122 e. The summed E-state index contributed by atoms with van der Waals surface area (Å²) in [6.07, 6.45) is 3.72. The van der Waals surface area contributed by atoms with Crippen LogP contribution in [0, 0.1) is 13.8 Å². The molecule has 2 rings (SSSR count). The van der Waals surface area contributed by atoms with E-state index in [1.165, 1.54) is 11.1 Å². The topological polar surface area (TPSA) is 31.2 Å². The van der Waals surface area contributed by atoms with Crippen LogP contribution in [0.15, 0.2) is 58.7 Å². The summed E-state index contributed by atoms with van der Waals surface area (Å²) < 4.78 is 0. The van der Waals surface area contributed by atoms with Crippen LogP contribution < -0.4 is 0 Å². The molecule has 0 fully saturated rings. The Morgan fingerprint density at radius 1 is 0.696 bits per heavy atom. The number of hydrazone groups is 2. The Labute approximate surface area is 138 Å². The molecule has 0 N–H and O–H groups in total. The van der Waals surface area contributed by atoms with Crippen LogP contribution in [0.4, 0.5) is 0 Å². The molecule has 0 amide bonds. The lowest BCUT2D eigenvalue weighted by atomic mass is 10.2. The number of rotatable bonds is 6. The maximum atomic E-state index is 4.42. The highest BCUT2D eigenvalue weighted by molar-refractivity contribution is 5.79. The van der Waals surface area contributed by atoms with E-state index in [2.05, 4.69) is 72.6 Å². The molecular formula is C19H24N4. The van der Waals surface area contributed by atoms with Crippen molar-refractivity contribution in [2.24, 2.45) is 10.2 Å². The molecule has 23 heavy (non-hydrogen) atoms. The van der Waals surface area contributed by atoms with E-state index in [1.807, 2.05) is 36.5 Å². The normalized spacial score (nSPS) is 11.3. The second kappa shape index (κ2) is 8.13. The summed E-state index contributed by atoms with van der Waals surface area (Å²) in [6, 6.07) is 16.6. The largest absolute Gasteiger partial charge is 0.279 e. The molecule has 120 valence electrons. The van der Waals surface area contributed by atoms with Crippen LogP contribution in [-0.4, -0.2) is 43.2 Å². The van der Waals surface area contributed by atoms with Crippen LogP contribution >= 0.6 is 0 Å². The lowest BCUT2D eigenvalue weighted by Crippen LogP contribution is -2.26. The van der Waals surface area contributed by atoms with Crippen molar-refractivity contribution in [1.82, 2.24) is 10.0 Å². The van der Waals surface area contributed by atoms with E-state index in [9.17, 15) is 0 Å². The highest BCUT2D eigenvalue weighted by atomic mass is 15.6. The molecule has 0 bridgehead atoms. The van der Waals surface area contributed by atoms with Gasteiger partial charge in [0, 0.05) is 14.1 Å². The van der Waals surface area contributed by atoms with Gasteiger partial charge in [-0.3, -0.25) is 10.0 Å². The molecule has 0 heterocycles. The van der Waals surface area contributed by atoms with Crippen molar-refractivity contribution in [3.63, 3.8) is 0 Å². The number of hydrogen-bond donors (Lipinski definition) is 0. The molecule has 0 unspecified atom stereocenters. The molecule has 0 aliphatic rings. The Balaban J connectivity index is 1.85. The minimum Gasteiger partial charge on any atom is -0.279 e. The Hall–Kier alpha value is -2.62. The quantitative estimate of drug-likeness (QED) is 0.465. The fourth-order valence-corrected chi connectivity index (χ4v) is 2.00. The zero-order valence-electron chi connectivity index (χ0n) is 14.3. The van der Waals surface area contributed by atoms with Gasteiger partial charge in [-0.1, -0.05) is 59.7 Å². The van der Waals surface area contributed by atoms with E-state index in [-0.39, 0.29) is 0 Å².